The van der Waals surface area contributed by atoms with Crippen LogP contribution >= 0.6 is 15.9 Å². The van der Waals surface area contributed by atoms with E-state index in [0.29, 0.717) is 5.92 Å². The Morgan fingerprint density at radius 2 is 2.47 bits per heavy atom. The molecule has 84 valence electrons. The molecule has 1 aliphatic carbocycles. The highest BCUT2D eigenvalue weighted by molar-refractivity contribution is 9.10. The molecule has 1 aromatic heterocycles. The summed E-state index contributed by atoms with van der Waals surface area (Å²) in [6.45, 7) is 3.10. The van der Waals surface area contributed by atoms with Crippen molar-refractivity contribution in [1.29, 1.82) is 0 Å². The van der Waals surface area contributed by atoms with E-state index < -0.39 is 0 Å². The third-order valence-electron chi connectivity index (χ3n) is 2.84. The van der Waals surface area contributed by atoms with Gasteiger partial charge in [-0.05, 0) is 41.1 Å². The van der Waals surface area contributed by atoms with Crippen LogP contribution < -0.4 is 11.3 Å². The molecular formula is C10H17BrN4. The van der Waals surface area contributed by atoms with E-state index in [4.69, 9.17) is 5.84 Å². The highest BCUT2D eigenvalue weighted by Crippen LogP contribution is 2.42. The van der Waals surface area contributed by atoms with Gasteiger partial charge in [0.1, 0.15) is 0 Å². The van der Waals surface area contributed by atoms with Crippen LogP contribution in [0.2, 0.25) is 0 Å². The Kier molecular flexibility index (Phi) is 3.43. The maximum absolute atomic E-state index is 5.63. The number of nitrogens with two attached hydrogens (primary N) is 1. The zero-order valence-electron chi connectivity index (χ0n) is 8.91. The van der Waals surface area contributed by atoms with Crippen molar-refractivity contribution in [2.75, 3.05) is 0 Å². The van der Waals surface area contributed by atoms with Gasteiger partial charge in [0.05, 0.1) is 22.4 Å². The lowest BCUT2D eigenvalue weighted by molar-refractivity contribution is 0.441. The SMILES string of the molecule is CCCn1ncc(Br)c1C(NN)C1CC1. The summed E-state index contributed by atoms with van der Waals surface area (Å²) in [6, 6.07) is 0.244. The molecule has 0 saturated heterocycles. The summed E-state index contributed by atoms with van der Waals surface area (Å²) in [5.41, 5.74) is 4.11. The van der Waals surface area contributed by atoms with Gasteiger partial charge in [-0.25, -0.2) is 0 Å². The van der Waals surface area contributed by atoms with Crippen molar-refractivity contribution in [2.45, 2.75) is 38.8 Å². The Bertz CT molecular complexity index is 332. The Labute approximate surface area is 98.3 Å². The maximum Gasteiger partial charge on any atom is 0.0712 e. The Morgan fingerprint density at radius 1 is 1.73 bits per heavy atom. The molecule has 1 aromatic rings. The van der Waals surface area contributed by atoms with E-state index in [2.05, 4.69) is 33.4 Å². The minimum Gasteiger partial charge on any atom is -0.271 e. The van der Waals surface area contributed by atoms with Crippen LogP contribution in [0.4, 0.5) is 0 Å². The van der Waals surface area contributed by atoms with E-state index in [0.717, 1.165) is 17.4 Å². The molecule has 1 saturated carbocycles. The van der Waals surface area contributed by atoms with Crippen LogP contribution in [0.15, 0.2) is 10.7 Å². The summed E-state index contributed by atoms with van der Waals surface area (Å²) in [5, 5.41) is 4.36. The molecule has 3 N–H and O–H groups in total. The summed E-state index contributed by atoms with van der Waals surface area (Å²) >= 11 is 3.55. The predicted octanol–water partition coefficient (Wildman–Crippen LogP) is 1.97. The third-order valence-corrected chi connectivity index (χ3v) is 3.45. The van der Waals surface area contributed by atoms with E-state index in [9.17, 15) is 0 Å². The van der Waals surface area contributed by atoms with Gasteiger partial charge in [0, 0.05) is 6.54 Å². The summed E-state index contributed by atoms with van der Waals surface area (Å²) in [6.07, 6.45) is 5.47. The van der Waals surface area contributed by atoms with Crippen molar-refractivity contribution in [2.24, 2.45) is 11.8 Å². The number of hydrazine groups is 1. The van der Waals surface area contributed by atoms with Gasteiger partial charge < -0.3 is 0 Å². The van der Waals surface area contributed by atoms with Crippen LogP contribution in [0.3, 0.4) is 0 Å². The summed E-state index contributed by atoms with van der Waals surface area (Å²) in [7, 11) is 0. The highest BCUT2D eigenvalue weighted by atomic mass is 79.9. The third kappa shape index (κ3) is 2.24. The summed E-state index contributed by atoms with van der Waals surface area (Å²) in [5.74, 6) is 6.31. The number of halogens is 1. The molecule has 0 spiro atoms. The fourth-order valence-electron chi connectivity index (χ4n) is 1.94. The van der Waals surface area contributed by atoms with Gasteiger partial charge >= 0.3 is 0 Å². The largest absolute Gasteiger partial charge is 0.271 e. The second-order valence-corrected chi connectivity index (χ2v) is 4.94. The lowest BCUT2D eigenvalue weighted by Gasteiger charge is -2.17. The van der Waals surface area contributed by atoms with Crippen LogP contribution in [-0.4, -0.2) is 9.78 Å². The van der Waals surface area contributed by atoms with E-state index >= 15 is 0 Å². The normalized spacial score (nSPS) is 18.1. The molecule has 1 unspecified atom stereocenters. The van der Waals surface area contributed by atoms with E-state index in [1.165, 1.54) is 18.5 Å². The average molecular weight is 273 g/mol. The molecule has 0 aliphatic heterocycles. The van der Waals surface area contributed by atoms with Crippen molar-refractivity contribution in [1.82, 2.24) is 15.2 Å². The van der Waals surface area contributed by atoms with Gasteiger partial charge in [-0.2, -0.15) is 5.10 Å². The number of hydrogen-bond donors (Lipinski definition) is 2. The zero-order chi connectivity index (χ0) is 10.8. The monoisotopic (exact) mass is 272 g/mol. The summed E-state index contributed by atoms with van der Waals surface area (Å²) < 4.78 is 3.11. The first-order valence-corrected chi connectivity index (χ1v) is 6.24. The van der Waals surface area contributed by atoms with Gasteiger partial charge in [-0.3, -0.25) is 16.0 Å². The van der Waals surface area contributed by atoms with Crippen LogP contribution in [0.25, 0.3) is 0 Å². The molecule has 1 aliphatic rings. The Morgan fingerprint density at radius 3 is 3.00 bits per heavy atom. The van der Waals surface area contributed by atoms with Crippen molar-refractivity contribution in [3.63, 3.8) is 0 Å². The van der Waals surface area contributed by atoms with E-state index in [1.807, 2.05) is 10.9 Å². The standard InChI is InChI=1S/C10H17BrN4/c1-2-5-15-10(8(11)6-13-15)9(14-12)7-3-4-7/h6-7,9,14H,2-5,12H2,1H3. The first-order chi connectivity index (χ1) is 7.27. The molecule has 5 heteroatoms. The second-order valence-electron chi connectivity index (χ2n) is 4.08. The zero-order valence-corrected chi connectivity index (χ0v) is 10.5. The Balaban J connectivity index is 2.26. The van der Waals surface area contributed by atoms with Gasteiger partial charge in [-0.1, -0.05) is 6.92 Å². The van der Waals surface area contributed by atoms with Crippen LogP contribution in [0.5, 0.6) is 0 Å². The molecule has 0 amide bonds. The number of rotatable bonds is 5. The maximum atomic E-state index is 5.63. The molecular weight excluding hydrogens is 256 g/mol. The van der Waals surface area contributed by atoms with Crippen LogP contribution in [0, 0.1) is 5.92 Å². The molecule has 2 rings (SSSR count). The molecule has 1 fully saturated rings. The Hall–Kier alpha value is -0.390. The first-order valence-electron chi connectivity index (χ1n) is 5.45. The van der Waals surface area contributed by atoms with Crippen molar-refractivity contribution in [3.8, 4) is 0 Å². The smallest absolute Gasteiger partial charge is 0.0712 e. The molecule has 0 radical (unpaired) electrons. The van der Waals surface area contributed by atoms with E-state index in [-0.39, 0.29) is 6.04 Å². The molecule has 0 aromatic carbocycles. The average Bonchev–Trinajstić information content (AvgIpc) is 2.99. The minimum atomic E-state index is 0.244. The number of aromatic nitrogens is 2. The van der Waals surface area contributed by atoms with Gasteiger partial charge in [0.2, 0.25) is 0 Å². The lowest BCUT2D eigenvalue weighted by atomic mass is 10.1. The summed E-state index contributed by atoms with van der Waals surface area (Å²) in [4.78, 5) is 0. The topological polar surface area (TPSA) is 55.9 Å². The van der Waals surface area contributed by atoms with Crippen LogP contribution in [0.1, 0.15) is 37.9 Å². The van der Waals surface area contributed by atoms with Crippen molar-refractivity contribution >= 4 is 15.9 Å². The van der Waals surface area contributed by atoms with E-state index in [1.54, 1.807) is 0 Å². The van der Waals surface area contributed by atoms with Crippen molar-refractivity contribution in [3.05, 3.63) is 16.4 Å². The number of nitrogens with zero attached hydrogens (tertiary/aromatic N) is 2. The van der Waals surface area contributed by atoms with Gasteiger partial charge in [0.15, 0.2) is 0 Å². The van der Waals surface area contributed by atoms with Gasteiger partial charge in [-0.15, -0.1) is 0 Å². The molecule has 4 nitrogen and oxygen atoms in total. The molecule has 1 atom stereocenters. The molecule has 1 heterocycles. The van der Waals surface area contributed by atoms with Gasteiger partial charge in [0.25, 0.3) is 0 Å². The second kappa shape index (κ2) is 4.63. The lowest BCUT2D eigenvalue weighted by Crippen LogP contribution is -2.31. The number of aryl methyl sites for hydroxylation is 1. The fraction of sp³-hybridized carbons (Fsp3) is 0.700. The minimum absolute atomic E-state index is 0.244. The van der Waals surface area contributed by atoms with Crippen LogP contribution in [-0.2, 0) is 6.54 Å². The predicted molar refractivity (Wildman–Crippen MR) is 63.0 cm³/mol. The molecule has 15 heavy (non-hydrogen) atoms. The fourth-order valence-corrected chi connectivity index (χ4v) is 2.48. The first kappa shape index (κ1) is 11.1. The quantitative estimate of drug-likeness (QED) is 0.637. The number of hydrogen-bond acceptors (Lipinski definition) is 3. The highest BCUT2D eigenvalue weighted by Gasteiger charge is 2.34. The number of nitrogens with one attached hydrogen (secondary N) is 1. The molecule has 0 bridgehead atoms. The van der Waals surface area contributed by atoms with Crippen molar-refractivity contribution < 1.29 is 0 Å².